The molecule has 1 aromatic carbocycles. The Morgan fingerprint density at radius 3 is 2.73 bits per heavy atom. The largest absolute Gasteiger partial charge is 0.324 e. The van der Waals surface area contributed by atoms with Crippen LogP contribution in [-0.4, -0.2) is 11.8 Å². The molecule has 0 aliphatic carbocycles. The van der Waals surface area contributed by atoms with E-state index in [4.69, 9.17) is 23.2 Å². The molecule has 0 radical (unpaired) electrons. The van der Waals surface area contributed by atoms with Gasteiger partial charge < -0.3 is 5.32 Å². The summed E-state index contributed by atoms with van der Waals surface area (Å²) in [4.78, 5) is 11.2. The van der Waals surface area contributed by atoms with E-state index in [-0.39, 0.29) is 23.2 Å². The van der Waals surface area contributed by atoms with E-state index >= 15 is 0 Å². The molecular formula is C9H7BrCl2FNO. The Labute approximate surface area is 105 Å². The zero-order valence-corrected chi connectivity index (χ0v) is 10.6. The lowest BCUT2D eigenvalue weighted by atomic mass is 10.3. The van der Waals surface area contributed by atoms with Crippen LogP contribution in [-0.2, 0) is 4.79 Å². The lowest BCUT2D eigenvalue weighted by Gasteiger charge is -2.08. The highest BCUT2D eigenvalue weighted by Gasteiger charge is 2.10. The summed E-state index contributed by atoms with van der Waals surface area (Å²) in [5.41, 5.74) is 0.355. The van der Waals surface area contributed by atoms with E-state index in [2.05, 4.69) is 21.2 Å². The van der Waals surface area contributed by atoms with Gasteiger partial charge in [-0.05, 0) is 28.1 Å². The topological polar surface area (TPSA) is 29.1 Å². The van der Waals surface area contributed by atoms with Gasteiger partial charge in [-0.2, -0.15) is 0 Å². The number of alkyl halides is 1. The van der Waals surface area contributed by atoms with Crippen molar-refractivity contribution in [2.45, 2.75) is 6.42 Å². The molecule has 1 rings (SSSR count). The molecule has 0 heterocycles. The third-order valence-electron chi connectivity index (χ3n) is 1.59. The summed E-state index contributed by atoms with van der Waals surface area (Å²) in [6.07, 6.45) is 0.182. The zero-order chi connectivity index (χ0) is 11.4. The van der Waals surface area contributed by atoms with E-state index in [1.54, 1.807) is 0 Å². The van der Waals surface area contributed by atoms with Crippen LogP contribution < -0.4 is 5.32 Å². The van der Waals surface area contributed by atoms with Crippen molar-refractivity contribution in [3.05, 3.63) is 27.4 Å². The lowest BCUT2D eigenvalue weighted by Crippen LogP contribution is -2.12. The van der Waals surface area contributed by atoms with Crippen LogP contribution in [0.1, 0.15) is 6.42 Å². The number of rotatable bonds is 3. The molecule has 1 N–H and O–H groups in total. The Hall–Kier alpha value is -0.320. The first-order chi connectivity index (χ1) is 7.04. The fourth-order valence-corrected chi connectivity index (χ4v) is 2.02. The van der Waals surface area contributed by atoms with Gasteiger partial charge in [-0.3, -0.25) is 4.79 Å². The van der Waals surface area contributed by atoms with Crippen molar-refractivity contribution in [3.8, 4) is 0 Å². The first-order valence-electron chi connectivity index (χ1n) is 4.05. The summed E-state index contributed by atoms with van der Waals surface area (Å²) in [5, 5.41) is 2.68. The Balaban J connectivity index is 2.90. The Morgan fingerprint density at radius 1 is 1.53 bits per heavy atom. The fraction of sp³-hybridized carbons (Fsp3) is 0.222. The zero-order valence-electron chi connectivity index (χ0n) is 7.49. The molecule has 15 heavy (non-hydrogen) atoms. The molecule has 6 heteroatoms. The van der Waals surface area contributed by atoms with Crippen LogP contribution >= 0.6 is 39.1 Å². The van der Waals surface area contributed by atoms with E-state index in [0.29, 0.717) is 10.2 Å². The van der Waals surface area contributed by atoms with Gasteiger partial charge in [-0.15, -0.1) is 11.6 Å². The van der Waals surface area contributed by atoms with Crippen molar-refractivity contribution in [1.82, 2.24) is 0 Å². The van der Waals surface area contributed by atoms with Crippen LogP contribution in [0.2, 0.25) is 5.02 Å². The molecule has 0 unspecified atom stereocenters. The molecule has 0 spiro atoms. The normalized spacial score (nSPS) is 10.1. The van der Waals surface area contributed by atoms with Crippen LogP contribution in [0.25, 0.3) is 0 Å². The molecule has 1 amide bonds. The van der Waals surface area contributed by atoms with Gasteiger partial charge in [0.05, 0.1) is 10.7 Å². The van der Waals surface area contributed by atoms with E-state index < -0.39 is 5.82 Å². The van der Waals surface area contributed by atoms with Crippen molar-refractivity contribution in [2.24, 2.45) is 0 Å². The van der Waals surface area contributed by atoms with E-state index in [1.165, 1.54) is 6.07 Å². The second-order valence-corrected chi connectivity index (χ2v) is 4.37. The van der Waals surface area contributed by atoms with Crippen molar-refractivity contribution in [2.75, 3.05) is 11.2 Å². The SMILES string of the molecule is O=C(CCCl)Nc1c(Cl)cc(F)cc1Br. The molecule has 0 atom stereocenters. The Bertz CT molecular complexity index is 363. The first-order valence-corrected chi connectivity index (χ1v) is 5.75. The Kier molecular flexibility index (Phi) is 4.83. The van der Waals surface area contributed by atoms with Crippen LogP contribution in [0, 0.1) is 5.82 Å². The summed E-state index contributed by atoms with van der Waals surface area (Å²) in [6, 6.07) is 2.35. The van der Waals surface area contributed by atoms with Gasteiger partial charge in [0.1, 0.15) is 5.82 Å². The van der Waals surface area contributed by atoms with Crippen molar-refractivity contribution in [3.63, 3.8) is 0 Å². The summed E-state index contributed by atoms with van der Waals surface area (Å²) in [5.74, 6) is -0.510. The highest BCUT2D eigenvalue weighted by Crippen LogP contribution is 2.31. The maximum absolute atomic E-state index is 12.8. The number of amides is 1. The number of benzene rings is 1. The number of halogens is 4. The van der Waals surface area contributed by atoms with Gasteiger partial charge >= 0.3 is 0 Å². The number of anilines is 1. The van der Waals surface area contributed by atoms with Gasteiger partial charge in [0.2, 0.25) is 5.91 Å². The third-order valence-corrected chi connectivity index (χ3v) is 2.71. The fourth-order valence-electron chi connectivity index (χ4n) is 0.949. The van der Waals surface area contributed by atoms with E-state index in [9.17, 15) is 9.18 Å². The molecule has 0 aromatic heterocycles. The predicted octanol–water partition coefficient (Wildman–Crippen LogP) is 3.81. The first kappa shape index (κ1) is 12.7. The average Bonchev–Trinajstić information content (AvgIpc) is 2.11. The molecule has 0 aliphatic rings. The van der Waals surface area contributed by atoms with Gasteiger partial charge in [-0.25, -0.2) is 4.39 Å². The molecule has 2 nitrogen and oxygen atoms in total. The quantitative estimate of drug-likeness (QED) is 0.845. The van der Waals surface area contributed by atoms with Crippen molar-refractivity contribution < 1.29 is 9.18 Å². The Morgan fingerprint density at radius 2 is 2.20 bits per heavy atom. The van der Waals surface area contributed by atoms with Crippen LogP contribution in [0.5, 0.6) is 0 Å². The summed E-state index contributed by atoms with van der Waals surface area (Å²) in [6.45, 7) is 0. The average molecular weight is 315 g/mol. The third kappa shape index (κ3) is 3.63. The van der Waals surface area contributed by atoms with Crippen LogP contribution in [0.15, 0.2) is 16.6 Å². The monoisotopic (exact) mass is 313 g/mol. The lowest BCUT2D eigenvalue weighted by molar-refractivity contribution is -0.115. The molecule has 0 bridgehead atoms. The minimum Gasteiger partial charge on any atom is -0.324 e. The number of carbonyl (C=O) groups is 1. The molecular weight excluding hydrogens is 308 g/mol. The smallest absolute Gasteiger partial charge is 0.225 e. The van der Waals surface area contributed by atoms with Crippen LogP contribution in [0.3, 0.4) is 0 Å². The second kappa shape index (κ2) is 5.68. The number of nitrogens with one attached hydrogen (secondary N) is 1. The van der Waals surface area contributed by atoms with Gasteiger partial charge in [0.15, 0.2) is 0 Å². The van der Waals surface area contributed by atoms with Crippen LogP contribution in [0.4, 0.5) is 10.1 Å². The highest BCUT2D eigenvalue weighted by atomic mass is 79.9. The van der Waals surface area contributed by atoms with Gasteiger partial charge in [0.25, 0.3) is 0 Å². The standard InChI is InChI=1S/C9H7BrCl2FNO/c10-6-3-5(13)4-7(12)9(6)14-8(15)1-2-11/h3-4H,1-2H2,(H,14,15). The van der Waals surface area contributed by atoms with E-state index in [1.807, 2.05) is 0 Å². The number of hydrogen-bond donors (Lipinski definition) is 1. The highest BCUT2D eigenvalue weighted by molar-refractivity contribution is 9.10. The second-order valence-electron chi connectivity index (χ2n) is 2.73. The van der Waals surface area contributed by atoms with Gasteiger partial charge in [0, 0.05) is 16.8 Å². The molecule has 0 fully saturated rings. The summed E-state index contributed by atoms with van der Waals surface area (Å²) in [7, 11) is 0. The number of hydrogen-bond acceptors (Lipinski definition) is 1. The maximum atomic E-state index is 12.8. The molecule has 0 saturated carbocycles. The number of carbonyl (C=O) groups excluding carboxylic acids is 1. The molecule has 82 valence electrons. The summed E-state index contributed by atoms with van der Waals surface area (Å²) < 4.78 is 13.2. The van der Waals surface area contributed by atoms with Crippen molar-refractivity contribution in [1.29, 1.82) is 0 Å². The predicted molar refractivity (Wildman–Crippen MR) is 63.1 cm³/mol. The maximum Gasteiger partial charge on any atom is 0.225 e. The minimum atomic E-state index is -0.470. The summed E-state index contributed by atoms with van der Waals surface area (Å²) >= 11 is 14.3. The van der Waals surface area contributed by atoms with Gasteiger partial charge in [-0.1, -0.05) is 11.6 Å². The van der Waals surface area contributed by atoms with Crippen molar-refractivity contribution >= 4 is 50.7 Å². The molecule has 0 saturated heterocycles. The minimum absolute atomic E-state index is 0.143. The molecule has 1 aromatic rings. The van der Waals surface area contributed by atoms with E-state index in [0.717, 1.165) is 6.07 Å². The molecule has 0 aliphatic heterocycles.